The average Bonchev–Trinajstić information content (AvgIpc) is 3.57. The summed E-state index contributed by atoms with van der Waals surface area (Å²) < 4.78 is 14.0. The van der Waals surface area contributed by atoms with Gasteiger partial charge in [0.05, 0.1) is 17.9 Å². The third-order valence-corrected chi connectivity index (χ3v) is 9.02. The second kappa shape index (κ2) is 11.8. The average molecular weight is 588 g/mol. The summed E-state index contributed by atoms with van der Waals surface area (Å²) in [6.45, 7) is 14.3. The number of hydrogen-bond acceptors (Lipinski definition) is 7. The summed E-state index contributed by atoms with van der Waals surface area (Å²) in [5.74, 6) is 1.63. The van der Waals surface area contributed by atoms with Crippen molar-refractivity contribution in [1.82, 2.24) is 24.4 Å². The Morgan fingerprint density at radius 3 is 2.43 bits per heavy atom. The summed E-state index contributed by atoms with van der Waals surface area (Å²) in [5.41, 5.74) is 1.98. The van der Waals surface area contributed by atoms with Crippen molar-refractivity contribution in [3.05, 3.63) is 60.8 Å². The topological polar surface area (TPSA) is 103 Å². The number of carbonyl (C=O) groups is 1. The number of aromatic hydroxyl groups is 1. The molecule has 4 aromatic rings. The number of imidazole rings is 1. The van der Waals surface area contributed by atoms with Gasteiger partial charge in [0.2, 0.25) is 0 Å². The summed E-state index contributed by atoms with van der Waals surface area (Å²) in [6.07, 6.45) is 6.81. The molecule has 1 fully saturated rings. The summed E-state index contributed by atoms with van der Waals surface area (Å²) >= 11 is 0. The van der Waals surface area contributed by atoms with Crippen LogP contribution in [0.25, 0.3) is 33.4 Å². The summed E-state index contributed by atoms with van der Waals surface area (Å²) in [6, 6.07) is 12.1. The Labute approximate surface area is 248 Å². The van der Waals surface area contributed by atoms with E-state index in [-0.39, 0.29) is 17.9 Å². The van der Waals surface area contributed by atoms with Gasteiger partial charge in [0, 0.05) is 44.7 Å². The Kier molecular flexibility index (Phi) is 8.38. The van der Waals surface area contributed by atoms with Gasteiger partial charge >= 0.3 is 6.09 Å². The van der Waals surface area contributed by atoms with Crippen molar-refractivity contribution in [3.63, 3.8) is 0 Å². The summed E-state index contributed by atoms with van der Waals surface area (Å²) in [5, 5.41) is 11.7. The normalized spacial score (nSPS) is 15.9. The van der Waals surface area contributed by atoms with Crippen LogP contribution in [0.15, 0.2) is 55.0 Å². The van der Waals surface area contributed by atoms with Crippen molar-refractivity contribution >= 4 is 24.9 Å². The van der Waals surface area contributed by atoms with Gasteiger partial charge in [-0.15, -0.1) is 0 Å². The number of rotatable bonds is 8. The van der Waals surface area contributed by atoms with Crippen LogP contribution in [0.3, 0.4) is 0 Å². The number of fused-ring (bicyclic) bond motifs is 1. The lowest BCUT2D eigenvalue weighted by Crippen LogP contribution is -2.37. The van der Waals surface area contributed by atoms with E-state index in [9.17, 15) is 9.90 Å². The predicted molar refractivity (Wildman–Crippen MR) is 167 cm³/mol. The van der Waals surface area contributed by atoms with E-state index in [1.165, 1.54) is 0 Å². The third kappa shape index (κ3) is 6.99. The predicted octanol–water partition coefficient (Wildman–Crippen LogP) is 7.25. The molecule has 5 rings (SSSR count). The Morgan fingerprint density at radius 2 is 1.71 bits per heavy atom. The molecule has 0 aliphatic carbocycles. The monoisotopic (exact) mass is 587 g/mol. The highest BCUT2D eigenvalue weighted by Crippen LogP contribution is 2.35. The number of phenolic OH excluding ortho intramolecular Hbond substituents is 1. The van der Waals surface area contributed by atoms with Crippen molar-refractivity contribution in [2.24, 2.45) is 0 Å². The van der Waals surface area contributed by atoms with E-state index in [0.717, 1.165) is 52.3 Å². The zero-order chi connectivity index (χ0) is 30.1. The maximum absolute atomic E-state index is 13.1. The minimum absolute atomic E-state index is 0.202. The van der Waals surface area contributed by atoms with Crippen molar-refractivity contribution in [2.45, 2.75) is 77.7 Å². The minimum atomic E-state index is -1.26. The van der Waals surface area contributed by atoms with E-state index in [2.05, 4.69) is 34.2 Å². The van der Waals surface area contributed by atoms with Gasteiger partial charge in [-0.25, -0.2) is 19.7 Å². The van der Waals surface area contributed by atoms with Gasteiger partial charge in [-0.1, -0.05) is 37.8 Å². The van der Waals surface area contributed by atoms with E-state index in [4.69, 9.17) is 14.5 Å². The molecule has 0 saturated carbocycles. The molecule has 0 unspecified atom stereocenters. The van der Waals surface area contributed by atoms with E-state index in [1.807, 2.05) is 63.6 Å². The summed E-state index contributed by atoms with van der Waals surface area (Å²) in [4.78, 5) is 29.1. The lowest BCUT2D eigenvalue weighted by molar-refractivity contribution is 0.0204. The van der Waals surface area contributed by atoms with Crippen LogP contribution < -0.4 is 0 Å². The molecule has 42 heavy (non-hydrogen) atoms. The number of benzene rings is 2. The molecule has 0 bridgehead atoms. The van der Waals surface area contributed by atoms with Gasteiger partial charge in [0.1, 0.15) is 23.9 Å². The number of hydrogen-bond donors (Lipinski definition) is 1. The molecule has 1 N–H and O–H groups in total. The smallest absolute Gasteiger partial charge is 0.410 e. The van der Waals surface area contributed by atoms with E-state index in [0.29, 0.717) is 25.7 Å². The van der Waals surface area contributed by atoms with Gasteiger partial charge in [0.15, 0.2) is 5.82 Å². The van der Waals surface area contributed by atoms with E-state index >= 15 is 0 Å². The second-order valence-electron chi connectivity index (χ2n) is 13.2. The van der Waals surface area contributed by atoms with E-state index in [1.54, 1.807) is 17.0 Å². The van der Waals surface area contributed by atoms with Gasteiger partial charge in [0.25, 0.3) is 0 Å². The fourth-order valence-corrected chi connectivity index (χ4v) is 5.87. The first-order chi connectivity index (χ1) is 19.9. The molecule has 2 aromatic carbocycles. The number of ether oxygens (including phenoxy) is 2. The molecular formula is C32H41N5O4Si. The second-order valence-corrected chi connectivity index (χ2v) is 18.8. The number of carbonyl (C=O) groups excluding carboxylic acids is 1. The lowest BCUT2D eigenvalue weighted by Gasteiger charge is -2.29. The van der Waals surface area contributed by atoms with E-state index < -0.39 is 13.7 Å². The van der Waals surface area contributed by atoms with Crippen molar-refractivity contribution in [3.8, 4) is 28.4 Å². The highest BCUT2D eigenvalue weighted by molar-refractivity contribution is 6.76. The third-order valence-electron chi connectivity index (χ3n) is 7.31. The van der Waals surface area contributed by atoms with Crippen LogP contribution in [0.1, 0.15) is 45.5 Å². The molecule has 1 atom stereocenters. The van der Waals surface area contributed by atoms with Crippen LogP contribution in [0.4, 0.5) is 4.79 Å². The van der Waals surface area contributed by atoms with Crippen LogP contribution in [0.5, 0.6) is 5.75 Å². The lowest BCUT2D eigenvalue weighted by atomic mass is 10.1. The van der Waals surface area contributed by atoms with Crippen LogP contribution in [-0.2, 0) is 16.2 Å². The number of aromatic nitrogens is 4. The number of likely N-dealkylation sites (tertiary alicyclic amines) is 1. The number of amides is 1. The van der Waals surface area contributed by atoms with Crippen LogP contribution in [0.2, 0.25) is 25.7 Å². The van der Waals surface area contributed by atoms with Gasteiger partial charge in [-0.3, -0.25) is 4.90 Å². The highest BCUT2D eigenvalue weighted by Gasteiger charge is 2.36. The molecule has 0 spiro atoms. The molecule has 1 aliphatic rings. The van der Waals surface area contributed by atoms with Crippen LogP contribution in [0, 0.1) is 0 Å². The van der Waals surface area contributed by atoms with Gasteiger partial charge < -0.3 is 19.1 Å². The van der Waals surface area contributed by atoms with Crippen molar-refractivity contribution in [1.29, 1.82) is 0 Å². The molecule has 222 valence electrons. The SMILES string of the molecule is CC(C)(C)OC(=O)N1CCC[C@H]1c1ncc(-c2cnc(-c3ccc4cc(O)ccc4c3)nc2)n1COCC[Si](C)(C)C. The molecule has 3 heterocycles. The largest absolute Gasteiger partial charge is 0.508 e. The molecule has 2 aromatic heterocycles. The Balaban J connectivity index is 1.44. The van der Waals surface area contributed by atoms with Crippen molar-refractivity contribution in [2.75, 3.05) is 13.2 Å². The summed E-state index contributed by atoms with van der Waals surface area (Å²) in [7, 11) is -1.26. The first-order valence-corrected chi connectivity index (χ1v) is 18.3. The van der Waals surface area contributed by atoms with Crippen LogP contribution in [-0.4, -0.2) is 62.4 Å². The van der Waals surface area contributed by atoms with Crippen molar-refractivity contribution < 1.29 is 19.4 Å². The molecule has 10 heteroatoms. The fraction of sp³-hybridized carbons (Fsp3) is 0.438. The zero-order valence-corrected chi connectivity index (χ0v) is 26.4. The molecule has 1 aliphatic heterocycles. The standard InChI is InChI=1S/C32H41N5O4Si/c1-32(2,3)41-31(39)36-13-7-8-27(36)30-35-20-28(37(30)21-40-14-15-42(4,5)6)25-18-33-29(34-19-25)24-10-9-23-17-26(38)12-11-22(23)16-24/h9-12,16-20,27,38H,7-8,13-15,21H2,1-6H3/t27-/m0/s1. The molecule has 0 radical (unpaired) electrons. The van der Waals surface area contributed by atoms with Crippen LogP contribution >= 0.6 is 0 Å². The van der Waals surface area contributed by atoms with Gasteiger partial charge in [-0.05, 0) is 68.6 Å². The number of nitrogens with zero attached hydrogens (tertiary/aromatic N) is 5. The molecule has 1 amide bonds. The minimum Gasteiger partial charge on any atom is -0.508 e. The Hall–Kier alpha value is -3.76. The maximum Gasteiger partial charge on any atom is 0.410 e. The molecule has 9 nitrogen and oxygen atoms in total. The Morgan fingerprint density at radius 1 is 1.00 bits per heavy atom. The fourth-order valence-electron chi connectivity index (χ4n) is 5.11. The Bertz CT molecular complexity index is 1560. The zero-order valence-electron chi connectivity index (χ0n) is 25.4. The highest BCUT2D eigenvalue weighted by atomic mass is 28.3. The maximum atomic E-state index is 13.1. The first kappa shape index (κ1) is 29.7. The molecular weight excluding hydrogens is 546 g/mol. The quantitative estimate of drug-likeness (QED) is 0.171. The number of phenols is 1. The van der Waals surface area contributed by atoms with Gasteiger partial charge in [-0.2, -0.15) is 0 Å². The first-order valence-electron chi connectivity index (χ1n) is 14.6. The molecule has 1 saturated heterocycles.